The van der Waals surface area contributed by atoms with Crippen LogP contribution in [0.4, 0.5) is 19.0 Å². The molecule has 2 aliphatic rings. The molecule has 1 aromatic carbocycles. The molecule has 2 heterocycles. The third-order valence-electron chi connectivity index (χ3n) is 6.90. The van der Waals surface area contributed by atoms with Gasteiger partial charge < -0.3 is 26.1 Å². The zero-order valence-electron chi connectivity index (χ0n) is 21.4. The molecule has 0 bridgehead atoms. The maximum atomic E-state index is 13.4. The molecule has 12 heteroatoms. The lowest BCUT2D eigenvalue weighted by Gasteiger charge is -2.43. The minimum Gasteiger partial charge on any atom is -0.710 e. The lowest BCUT2D eigenvalue weighted by molar-refractivity contribution is -0.580. The summed E-state index contributed by atoms with van der Waals surface area (Å²) >= 11 is 0. The Morgan fingerprint density at radius 2 is 1.92 bits per heavy atom. The summed E-state index contributed by atoms with van der Waals surface area (Å²) in [6, 6.07) is 1.88. The zero-order chi connectivity index (χ0) is 27.1. The first-order valence-electron chi connectivity index (χ1n) is 12.4. The summed E-state index contributed by atoms with van der Waals surface area (Å²) in [7, 11) is 0. The molecule has 37 heavy (non-hydrogen) atoms. The number of rotatable bonds is 5. The van der Waals surface area contributed by atoms with Gasteiger partial charge in [0.05, 0.1) is 23.0 Å². The van der Waals surface area contributed by atoms with Gasteiger partial charge in [0.25, 0.3) is 12.1 Å². The van der Waals surface area contributed by atoms with Crippen molar-refractivity contribution in [1.29, 1.82) is 0 Å². The Kier molecular flexibility index (Phi) is 7.24. The van der Waals surface area contributed by atoms with Crippen LogP contribution in [0.15, 0.2) is 24.5 Å². The number of fused-ring (bicyclic) bond motifs is 1. The third-order valence-corrected chi connectivity index (χ3v) is 6.90. The van der Waals surface area contributed by atoms with Crippen LogP contribution in [0, 0.1) is 5.21 Å². The van der Waals surface area contributed by atoms with E-state index in [1.807, 2.05) is 0 Å². The lowest BCUT2D eigenvalue weighted by atomic mass is 9.84. The highest BCUT2D eigenvalue weighted by atomic mass is 19.4. The van der Waals surface area contributed by atoms with Gasteiger partial charge in [-0.05, 0) is 69.6 Å². The standard InChI is InChI=1S/C25H33F3N6O3/c1-14(35)30-19-12-16(32-24(2,3)4)6-8-21(19)33-10-9-18(23(33)36)31-22-17-11-15(25(26,27)28)5-7-20(17)34(37)13-29-22/h5,7,11,13,16,18-19,21,32H,6,8-10,12H2,1-4H3,(H,29,31)(H,30,35)/t16-,18?,19-,21+/m1/s1. The number of amides is 2. The molecule has 1 aliphatic heterocycles. The molecule has 4 rings (SSSR count). The molecule has 2 fully saturated rings. The quantitative estimate of drug-likeness (QED) is 0.411. The fourth-order valence-corrected chi connectivity index (χ4v) is 5.47. The largest absolute Gasteiger partial charge is 0.710 e. The second-order valence-electron chi connectivity index (χ2n) is 10.9. The average molecular weight is 523 g/mol. The third kappa shape index (κ3) is 6.06. The van der Waals surface area contributed by atoms with Crippen LogP contribution >= 0.6 is 0 Å². The first kappa shape index (κ1) is 26.9. The maximum Gasteiger partial charge on any atom is 0.416 e. The van der Waals surface area contributed by atoms with Crippen molar-refractivity contribution in [3.8, 4) is 0 Å². The minimum atomic E-state index is -4.59. The van der Waals surface area contributed by atoms with E-state index >= 15 is 0 Å². The molecule has 1 saturated heterocycles. The van der Waals surface area contributed by atoms with Crippen LogP contribution < -0.4 is 20.7 Å². The second kappa shape index (κ2) is 9.96. The smallest absolute Gasteiger partial charge is 0.416 e. The van der Waals surface area contributed by atoms with Crippen molar-refractivity contribution < 1.29 is 27.5 Å². The van der Waals surface area contributed by atoms with E-state index in [0.29, 0.717) is 30.5 Å². The monoisotopic (exact) mass is 522 g/mol. The molecule has 0 radical (unpaired) electrons. The highest BCUT2D eigenvalue weighted by Crippen LogP contribution is 2.33. The minimum absolute atomic E-state index is 0.0107. The van der Waals surface area contributed by atoms with Crippen molar-refractivity contribution in [3.05, 3.63) is 35.3 Å². The van der Waals surface area contributed by atoms with Crippen LogP contribution in [-0.2, 0) is 15.8 Å². The topological polar surface area (TPSA) is 113 Å². The number of alkyl halides is 3. The molecule has 2 amide bonds. The summed E-state index contributed by atoms with van der Waals surface area (Å²) in [6.07, 6.45) is -0.985. The van der Waals surface area contributed by atoms with Crippen molar-refractivity contribution in [2.24, 2.45) is 0 Å². The van der Waals surface area contributed by atoms with Crippen LogP contribution in [-0.4, -0.2) is 57.9 Å². The summed E-state index contributed by atoms with van der Waals surface area (Å²) < 4.78 is 40.3. The Hall–Kier alpha value is -3.15. The Balaban J connectivity index is 1.54. The normalized spacial score (nSPS) is 24.9. The number of carbonyl (C=O) groups excluding carboxylic acids is 2. The van der Waals surface area contributed by atoms with Crippen LogP contribution in [0.25, 0.3) is 10.9 Å². The number of aromatic nitrogens is 2. The molecule has 1 aliphatic carbocycles. The highest BCUT2D eigenvalue weighted by molar-refractivity contribution is 5.92. The fourth-order valence-electron chi connectivity index (χ4n) is 5.47. The van der Waals surface area contributed by atoms with Crippen LogP contribution in [0.3, 0.4) is 0 Å². The van der Waals surface area contributed by atoms with Gasteiger partial charge in [0.15, 0.2) is 0 Å². The number of likely N-dealkylation sites (tertiary alicyclic amines) is 1. The molecule has 1 aromatic heterocycles. The predicted molar refractivity (Wildman–Crippen MR) is 131 cm³/mol. The molecule has 3 N–H and O–H groups in total. The molecule has 2 aromatic rings. The Labute approximate surface area is 213 Å². The van der Waals surface area contributed by atoms with Gasteiger partial charge in [-0.15, -0.1) is 0 Å². The van der Waals surface area contributed by atoms with Gasteiger partial charge >= 0.3 is 6.18 Å². The van der Waals surface area contributed by atoms with Crippen LogP contribution in [0.5, 0.6) is 0 Å². The van der Waals surface area contributed by atoms with Crippen molar-refractivity contribution in [2.75, 3.05) is 11.9 Å². The zero-order valence-corrected chi connectivity index (χ0v) is 21.4. The van der Waals surface area contributed by atoms with Crippen molar-refractivity contribution >= 4 is 28.5 Å². The number of benzene rings is 1. The van der Waals surface area contributed by atoms with Gasteiger partial charge in [-0.25, -0.2) is 4.73 Å². The highest BCUT2D eigenvalue weighted by Gasteiger charge is 2.43. The molecule has 9 nitrogen and oxygen atoms in total. The van der Waals surface area contributed by atoms with Gasteiger partial charge in [0.2, 0.25) is 11.8 Å². The fraction of sp³-hybridized carbons (Fsp3) is 0.600. The van der Waals surface area contributed by atoms with E-state index in [9.17, 15) is 28.0 Å². The van der Waals surface area contributed by atoms with E-state index in [1.54, 1.807) is 4.90 Å². The van der Waals surface area contributed by atoms with E-state index in [-0.39, 0.29) is 52.2 Å². The van der Waals surface area contributed by atoms with Crippen LogP contribution in [0.2, 0.25) is 0 Å². The van der Waals surface area contributed by atoms with Gasteiger partial charge in [-0.3, -0.25) is 9.59 Å². The number of carbonyl (C=O) groups is 2. The number of anilines is 1. The lowest BCUT2D eigenvalue weighted by Crippen LogP contribution is -2.59. The number of hydrogen-bond donors (Lipinski definition) is 3. The molecule has 1 saturated carbocycles. The molecule has 202 valence electrons. The van der Waals surface area contributed by atoms with Gasteiger partial charge in [-0.1, -0.05) is 0 Å². The molecule has 0 spiro atoms. The van der Waals surface area contributed by atoms with E-state index in [2.05, 4.69) is 41.7 Å². The Morgan fingerprint density at radius 3 is 2.57 bits per heavy atom. The first-order valence-corrected chi connectivity index (χ1v) is 12.4. The maximum absolute atomic E-state index is 13.4. The summed E-state index contributed by atoms with van der Waals surface area (Å²) in [5.74, 6) is -0.327. The molecule has 4 atom stereocenters. The number of nitrogens with zero attached hydrogens (tertiary/aromatic N) is 3. The average Bonchev–Trinajstić information content (AvgIpc) is 3.13. The van der Waals surface area contributed by atoms with E-state index in [4.69, 9.17) is 0 Å². The SMILES string of the molecule is CC(=O)N[C@@H]1C[C@H](NC(C)(C)C)CC[C@@H]1N1CCC(Nc2nc[n+]([O-])c3ccc(C(F)(F)F)cc23)C1=O. The number of halogens is 3. The molecule has 1 unspecified atom stereocenters. The van der Waals surface area contributed by atoms with Gasteiger partial charge in [-0.2, -0.15) is 13.2 Å². The second-order valence-corrected chi connectivity index (χ2v) is 10.9. The summed E-state index contributed by atoms with van der Waals surface area (Å²) in [6.45, 7) is 8.15. The van der Waals surface area contributed by atoms with Gasteiger partial charge in [0, 0.05) is 25.0 Å². The summed E-state index contributed by atoms with van der Waals surface area (Å²) in [5.41, 5.74) is -0.978. The van der Waals surface area contributed by atoms with Crippen LogP contribution in [0.1, 0.15) is 58.9 Å². The van der Waals surface area contributed by atoms with Crippen molar-refractivity contribution in [1.82, 2.24) is 20.5 Å². The first-order chi connectivity index (χ1) is 17.2. The molecular formula is C25H33F3N6O3. The number of nitrogens with one attached hydrogen (secondary N) is 3. The van der Waals surface area contributed by atoms with Gasteiger partial charge in [0.1, 0.15) is 11.6 Å². The van der Waals surface area contributed by atoms with E-state index in [0.717, 1.165) is 30.9 Å². The van der Waals surface area contributed by atoms with E-state index in [1.165, 1.54) is 6.92 Å². The van der Waals surface area contributed by atoms with Crippen molar-refractivity contribution in [3.63, 3.8) is 0 Å². The Bertz CT molecular complexity index is 1180. The number of hydrogen-bond acceptors (Lipinski definition) is 6. The van der Waals surface area contributed by atoms with Crippen molar-refractivity contribution in [2.45, 2.75) is 89.3 Å². The van der Waals surface area contributed by atoms with E-state index < -0.39 is 17.8 Å². The summed E-state index contributed by atoms with van der Waals surface area (Å²) in [5, 5.41) is 21.7. The predicted octanol–water partition coefficient (Wildman–Crippen LogP) is 2.71. The molecular weight excluding hydrogens is 489 g/mol. The summed E-state index contributed by atoms with van der Waals surface area (Å²) in [4.78, 5) is 31.1. The Morgan fingerprint density at radius 1 is 1.19 bits per heavy atom.